The molecule has 1 N–H and O–H groups in total. The molecule has 3 aliphatic rings. The number of amides is 2. The first-order chi connectivity index (χ1) is 19.6. The van der Waals surface area contributed by atoms with Crippen LogP contribution in [0.3, 0.4) is 0 Å². The van der Waals surface area contributed by atoms with Gasteiger partial charge in [0.15, 0.2) is 0 Å². The summed E-state index contributed by atoms with van der Waals surface area (Å²) in [6.07, 6.45) is 6.54. The van der Waals surface area contributed by atoms with E-state index in [9.17, 15) is 4.79 Å². The number of rotatable bonds is 9. The second-order valence-electron chi connectivity index (χ2n) is 11.4. The summed E-state index contributed by atoms with van der Waals surface area (Å²) in [5, 5.41) is 3.44. The van der Waals surface area contributed by atoms with Crippen LogP contribution in [0.1, 0.15) is 50.0 Å². The highest BCUT2D eigenvalue weighted by Crippen LogP contribution is 2.37. The molecule has 2 aliphatic heterocycles. The van der Waals surface area contributed by atoms with Crippen LogP contribution in [0.25, 0.3) is 0 Å². The SMILES string of the molecule is COc1ccccc1N1CCN(CCC(c2ccccc2F)C(NC(=O)N2CCOCC2)C2CCCCC2)CC1. The number of methoxy groups -OCH3 is 1. The van der Waals surface area contributed by atoms with Crippen molar-refractivity contribution in [3.63, 3.8) is 0 Å². The second-order valence-corrected chi connectivity index (χ2v) is 11.4. The van der Waals surface area contributed by atoms with Crippen LogP contribution in [0.2, 0.25) is 0 Å². The fourth-order valence-electron chi connectivity index (χ4n) is 6.77. The van der Waals surface area contributed by atoms with Gasteiger partial charge in [-0.05, 0) is 55.5 Å². The van der Waals surface area contributed by atoms with E-state index < -0.39 is 0 Å². The van der Waals surface area contributed by atoms with Crippen LogP contribution in [0.5, 0.6) is 5.75 Å². The van der Waals surface area contributed by atoms with Gasteiger partial charge in [0.1, 0.15) is 11.6 Å². The van der Waals surface area contributed by atoms with Crippen LogP contribution in [-0.2, 0) is 4.74 Å². The zero-order valence-electron chi connectivity index (χ0n) is 23.9. The summed E-state index contributed by atoms with van der Waals surface area (Å²) in [6, 6.07) is 15.2. The number of benzene rings is 2. The number of ether oxygens (including phenoxy) is 2. The standard InChI is InChI=1S/C32H45FN4O3/c1-39-30-14-8-7-13-29(30)36-19-17-35(18-20-36)16-15-27(26-11-5-6-12-28(26)33)31(25-9-3-2-4-10-25)34-32(38)37-21-23-40-24-22-37/h5-8,11-14,25,27,31H,2-4,9-10,15-24H2,1H3,(H,34,38). The first kappa shape index (κ1) is 28.7. The Morgan fingerprint density at radius 1 is 0.975 bits per heavy atom. The Labute approximate surface area is 238 Å². The molecule has 2 amide bonds. The summed E-state index contributed by atoms with van der Waals surface area (Å²) < 4.78 is 26.4. The fraction of sp³-hybridized carbons (Fsp3) is 0.594. The average molecular weight is 553 g/mol. The number of urea groups is 1. The maximum Gasteiger partial charge on any atom is 0.317 e. The number of carbonyl (C=O) groups excluding carboxylic acids is 1. The van der Waals surface area contributed by atoms with E-state index in [1.807, 2.05) is 29.2 Å². The average Bonchev–Trinajstić information content (AvgIpc) is 3.02. The molecule has 0 bridgehead atoms. The Morgan fingerprint density at radius 2 is 1.68 bits per heavy atom. The Bertz CT molecular complexity index is 1080. The van der Waals surface area contributed by atoms with E-state index in [-0.39, 0.29) is 23.8 Å². The first-order valence-corrected chi connectivity index (χ1v) is 15.1. The minimum absolute atomic E-state index is 0.0364. The quantitative estimate of drug-likeness (QED) is 0.468. The molecule has 0 aromatic heterocycles. The van der Waals surface area contributed by atoms with Gasteiger partial charge in [-0.1, -0.05) is 49.6 Å². The number of nitrogens with one attached hydrogen (secondary N) is 1. The molecule has 0 spiro atoms. The number of hydrogen-bond donors (Lipinski definition) is 1. The third-order valence-electron chi connectivity index (χ3n) is 9.04. The van der Waals surface area contributed by atoms with Crippen molar-refractivity contribution >= 4 is 11.7 Å². The molecule has 2 heterocycles. The molecule has 1 saturated carbocycles. The van der Waals surface area contributed by atoms with Gasteiger partial charge >= 0.3 is 6.03 Å². The van der Waals surface area contributed by atoms with Crippen molar-refractivity contribution in [2.24, 2.45) is 5.92 Å². The van der Waals surface area contributed by atoms with Gasteiger partial charge in [0.25, 0.3) is 0 Å². The third kappa shape index (κ3) is 7.07. The number of anilines is 1. The van der Waals surface area contributed by atoms with Gasteiger partial charge in [0.2, 0.25) is 0 Å². The van der Waals surface area contributed by atoms with Crippen molar-refractivity contribution < 1.29 is 18.7 Å². The number of nitrogens with zero attached hydrogens (tertiary/aromatic N) is 3. The Balaban J connectivity index is 1.30. The second kappa shape index (κ2) is 14.2. The van der Waals surface area contributed by atoms with E-state index in [4.69, 9.17) is 9.47 Å². The maximum absolute atomic E-state index is 15.4. The number of para-hydroxylation sites is 2. The number of carbonyl (C=O) groups is 1. The van der Waals surface area contributed by atoms with E-state index in [0.29, 0.717) is 32.2 Å². The maximum atomic E-state index is 15.4. The highest BCUT2D eigenvalue weighted by atomic mass is 19.1. The molecule has 40 heavy (non-hydrogen) atoms. The lowest BCUT2D eigenvalue weighted by Gasteiger charge is -2.40. The minimum atomic E-state index is -0.171. The van der Waals surface area contributed by atoms with E-state index in [1.54, 1.807) is 19.2 Å². The molecule has 2 aromatic carbocycles. The number of halogens is 1. The van der Waals surface area contributed by atoms with Crippen LogP contribution in [-0.4, -0.2) is 88.0 Å². The van der Waals surface area contributed by atoms with Gasteiger partial charge in [-0.3, -0.25) is 4.90 Å². The Hall–Kier alpha value is -2.84. The molecule has 218 valence electrons. The molecular formula is C32H45FN4O3. The highest BCUT2D eigenvalue weighted by molar-refractivity contribution is 5.74. The molecule has 5 rings (SSSR count). The molecule has 2 saturated heterocycles. The zero-order valence-corrected chi connectivity index (χ0v) is 23.9. The van der Waals surface area contributed by atoms with E-state index in [0.717, 1.165) is 69.0 Å². The topological polar surface area (TPSA) is 57.3 Å². The van der Waals surface area contributed by atoms with Crippen LogP contribution in [0.15, 0.2) is 48.5 Å². The third-order valence-corrected chi connectivity index (χ3v) is 9.04. The fourth-order valence-corrected chi connectivity index (χ4v) is 6.77. The smallest absolute Gasteiger partial charge is 0.317 e. The van der Waals surface area contributed by atoms with Gasteiger partial charge in [0, 0.05) is 51.2 Å². The summed E-state index contributed by atoms with van der Waals surface area (Å²) in [6.45, 7) is 6.93. The van der Waals surface area contributed by atoms with Crippen molar-refractivity contribution in [3.8, 4) is 5.75 Å². The molecule has 1 aliphatic carbocycles. The molecule has 3 fully saturated rings. The molecule has 7 nitrogen and oxygen atoms in total. The molecular weight excluding hydrogens is 507 g/mol. The number of hydrogen-bond acceptors (Lipinski definition) is 5. The van der Waals surface area contributed by atoms with Crippen molar-refractivity contribution in [2.45, 2.75) is 50.5 Å². The largest absolute Gasteiger partial charge is 0.495 e. The van der Waals surface area contributed by atoms with Crippen molar-refractivity contribution in [2.75, 3.05) is 71.0 Å². The predicted octanol–water partition coefficient (Wildman–Crippen LogP) is 5.12. The molecule has 2 aromatic rings. The lowest BCUT2D eigenvalue weighted by Crippen LogP contribution is -2.53. The van der Waals surface area contributed by atoms with E-state index >= 15 is 4.39 Å². The number of piperazine rings is 1. The van der Waals surface area contributed by atoms with Gasteiger partial charge < -0.3 is 24.6 Å². The first-order valence-electron chi connectivity index (χ1n) is 15.1. The molecule has 8 heteroatoms. The van der Waals surface area contributed by atoms with Crippen molar-refractivity contribution in [1.82, 2.24) is 15.1 Å². The van der Waals surface area contributed by atoms with Crippen LogP contribution in [0.4, 0.5) is 14.9 Å². The van der Waals surface area contributed by atoms with E-state index in [1.165, 1.54) is 19.3 Å². The van der Waals surface area contributed by atoms with Gasteiger partial charge in [-0.2, -0.15) is 0 Å². The van der Waals surface area contributed by atoms with Gasteiger partial charge in [0.05, 0.1) is 26.0 Å². The van der Waals surface area contributed by atoms with Gasteiger partial charge in [-0.15, -0.1) is 0 Å². The molecule has 2 atom stereocenters. The van der Waals surface area contributed by atoms with Gasteiger partial charge in [-0.25, -0.2) is 9.18 Å². The summed E-state index contributed by atoms with van der Waals surface area (Å²) >= 11 is 0. The lowest BCUT2D eigenvalue weighted by molar-refractivity contribution is 0.0510. The van der Waals surface area contributed by atoms with Crippen LogP contribution >= 0.6 is 0 Å². The van der Waals surface area contributed by atoms with Crippen LogP contribution in [0, 0.1) is 11.7 Å². The molecule has 2 unspecified atom stereocenters. The highest BCUT2D eigenvalue weighted by Gasteiger charge is 2.35. The Morgan fingerprint density at radius 3 is 2.40 bits per heavy atom. The monoisotopic (exact) mass is 552 g/mol. The lowest BCUT2D eigenvalue weighted by atomic mass is 9.75. The Kier molecular flexibility index (Phi) is 10.2. The minimum Gasteiger partial charge on any atom is -0.495 e. The summed E-state index contributed by atoms with van der Waals surface area (Å²) in [7, 11) is 1.72. The zero-order chi connectivity index (χ0) is 27.7. The summed E-state index contributed by atoms with van der Waals surface area (Å²) in [5.74, 6) is 1.00. The van der Waals surface area contributed by atoms with Crippen molar-refractivity contribution in [3.05, 3.63) is 59.9 Å². The van der Waals surface area contributed by atoms with Crippen LogP contribution < -0.4 is 15.0 Å². The normalized spacial score (nSPS) is 20.6. The predicted molar refractivity (Wildman–Crippen MR) is 157 cm³/mol. The molecule has 0 radical (unpaired) electrons. The summed E-state index contributed by atoms with van der Waals surface area (Å²) in [4.78, 5) is 20.2. The number of morpholine rings is 1. The van der Waals surface area contributed by atoms with E-state index in [2.05, 4.69) is 27.2 Å². The van der Waals surface area contributed by atoms with Crippen molar-refractivity contribution in [1.29, 1.82) is 0 Å². The summed E-state index contributed by atoms with van der Waals surface area (Å²) in [5.41, 5.74) is 1.87.